The highest BCUT2D eigenvalue weighted by molar-refractivity contribution is 7.21. The van der Waals surface area contributed by atoms with Crippen LogP contribution < -0.4 is 11.1 Å². The molecule has 1 saturated heterocycles. The quantitative estimate of drug-likeness (QED) is 0.877. The zero-order valence-electron chi connectivity index (χ0n) is 11.2. The molecule has 7 heteroatoms. The predicted octanol–water partition coefficient (Wildman–Crippen LogP) is 1.57. The van der Waals surface area contributed by atoms with Gasteiger partial charge in [0.15, 0.2) is 0 Å². The third-order valence-electron chi connectivity index (χ3n) is 3.42. The summed E-state index contributed by atoms with van der Waals surface area (Å²) in [6.07, 6.45) is 5.02. The van der Waals surface area contributed by atoms with E-state index < -0.39 is 0 Å². The second-order valence-corrected chi connectivity index (χ2v) is 6.22. The number of carbonyl (C=O) groups excluding carboxylic acids is 1. The Balaban J connectivity index is 1.87. The number of fused-ring (bicyclic) bond motifs is 1. The van der Waals surface area contributed by atoms with E-state index in [0.717, 1.165) is 19.4 Å². The first-order chi connectivity index (χ1) is 9.59. The van der Waals surface area contributed by atoms with Gasteiger partial charge in [-0.2, -0.15) is 0 Å². The molecule has 1 amide bonds. The molecule has 2 aromatic rings. The van der Waals surface area contributed by atoms with Crippen LogP contribution in [-0.4, -0.2) is 34.6 Å². The van der Waals surface area contributed by atoms with Crippen molar-refractivity contribution in [3.8, 4) is 0 Å². The number of anilines is 1. The highest BCUT2D eigenvalue weighted by Gasteiger charge is 2.31. The van der Waals surface area contributed by atoms with E-state index in [0.29, 0.717) is 27.5 Å². The molecule has 1 aliphatic rings. The molecule has 0 saturated carbocycles. The molecule has 1 atom stereocenters. The molecule has 0 radical (unpaired) electrons. The van der Waals surface area contributed by atoms with Gasteiger partial charge < -0.3 is 15.8 Å². The lowest BCUT2D eigenvalue weighted by Gasteiger charge is -2.34. The first kappa shape index (κ1) is 13.3. The van der Waals surface area contributed by atoms with Crippen molar-refractivity contribution in [2.24, 2.45) is 0 Å². The van der Waals surface area contributed by atoms with Crippen LogP contribution in [0.3, 0.4) is 0 Å². The Hall–Kier alpha value is -1.73. The van der Waals surface area contributed by atoms with Crippen molar-refractivity contribution in [2.75, 3.05) is 18.9 Å². The Morgan fingerprint density at radius 1 is 1.50 bits per heavy atom. The number of nitrogens with two attached hydrogens (primary N) is 1. The van der Waals surface area contributed by atoms with E-state index in [1.807, 2.05) is 6.92 Å². The van der Waals surface area contributed by atoms with Gasteiger partial charge in [-0.25, -0.2) is 9.97 Å². The standard InChI is InChI=1S/C13H16N4O2S/c1-13(3-2-6-19-7-13)17-11(18)10-8(14)9-12(20-10)16-5-4-15-9/h4-5H,2-3,6-7,14H2,1H3,(H,17,18). The maximum absolute atomic E-state index is 12.4. The minimum Gasteiger partial charge on any atom is -0.396 e. The van der Waals surface area contributed by atoms with Crippen LogP contribution in [0.2, 0.25) is 0 Å². The lowest BCUT2D eigenvalue weighted by molar-refractivity contribution is 0.0274. The van der Waals surface area contributed by atoms with Crippen molar-refractivity contribution >= 4 is 33.3 Å². The summed E-state index contributed by atoms with van der Waals surface area (Å²) in [5.41, 5.74) is 6.66. The van der Waals surface area contributed by atoms with Gasteiger partial charge in [-0.3, -0.25) is 4.79 Å². The van der Waals surface area contributed by atoms with Crippen molar-refractivity contribution in [3.63, 3.8) is 0 Å². The lowest BCUT2D eigenvalue weighted by Crippen LogP contribution is -2.51. The number of aromatic nitrogens is 2. The molecule has 1 aliphatic heterocycles. The largest absolute Gasteiger partial charge is 0.396 e. The van der Waals surface area contributed by atoms with Gasteiger partial charge >= 0.3 is 0 Å². The van der Waals surface area contributed by atoms with Gasteiger partial charge in [-0.15, -0.1) is 11.3 Å². The van der Waals surface area contributed by atoms with E-state index in [2.05, 4.69) is 15.3 Å². The van der Waals surface area contributed by atoms with E-state index in [4.69, 9.17) is 10.5 Å². The van der Waals surface area contributed by atoms with Gasteiger partial charge in [-0.1, -0.05) is 0 Å². The number of carbonyl (C=O) groups is 1. The molecule has 0 aromatic carbocycles. The third kappa shape index (κ3) is 2.34. The predicted molar refractivity (Wildman–Crippen MR) is 77.8 cm³/mol. The number of nitrogens with zero attached hydrogens (tertiary/aromatic N) is 2. The molecule has 1 unspecified atom stereocenters. The Morgan fingerprint density at radius 3 is 3.00 bits per heavy atom. The average molecular weight is 292 g/mol. The summed E-state index contributed by atoms with van der Waals surface area (Å²) in [5.74, 6) is -0.180. The van der Waals surface area contributed by atoms with Crippen LogP contribution in [0.4, 0.5) is 5.69 Å². The number of ether oxygens (including phenoxy) is 1. The summed E-state index contributed by atoms with van der Waals surface area (Å²) in [7, 11) is 0. The van der Waals surface area contributed by atoms with Gasteiger partial charge in [0.1, 0.15) is 15.2 Å². The number of amides is 1. The highest BCUT2D eigenvalue weighted by Crippen LogP contribution is 2.31. The van der Waals surface area contributed by atoms with Crippen LogP contribution in [0.5, 0.6) is 0 Å². The maximum Gasteiger partial charge on any atom is 0.264 e. The number of thiophene rings is 1. The molecular formula is C13H16N4O2S. The number of hydrogen-bond donors (Lipinski definition) is 2. The minimum atomic E-state index is -0.335. The smallest absolute Gasteiger partial charge is 0.264 e. The number of nitrogens with one attached hydrogen (secondary N) is 1. The molecule has 3 N–H and O–H groups in total. The van der Waals surface area contributed by atoms with Crippen LogP contribution in [0.25, 0.3) is 10.3 Å². The topological polar surface area (TPSA) is 90.1 Å². The highest BCUT2D eigenvalue weighted by atomic mass is 32.1. The second-order valence-electron chi connectivity index (χ2n) is 5.23. The summed E-state index contributed by atoms with van der Waals surface area (Å²) in [4.78, 5) is 21.9. The fourth-order valence-electron chi connectivity index (χ4n) is 2.38. The minimum absolute atomic E-state index is 0.180. The molecule has 106 valence electrons. The summed E-state index contributed by atoms with van der Waals surface area (Å²) in [6.45, 7) is 3.27. The fourth-order valence-corrected chi connectivity index (χ4v) is 3.29. The molecule has 0 spiro atoms. The van der Waals surface area contributed by atoms with Crippen molar-refractivity contribution in [1.29, 1.82) is 0 Å². The molecule has 0 bridgehead atoms. The summed E-state index contributed by atoms with van der Waals surface area (Å²) >= 11 is 1.27. The first-order valence-electron chi connectivity index (χ1n) is 6.48. The molecule has 2 aromatic heterocycles. The Labute approximate surface area is 120 Å². The van der Waals surface area contributed by atoms with Crippen LogP contribution in [-0.2, 0) is 4.74 Å². The third-order valence-corrected chi connectivity index (χ3v) is 4.52. The maximum atomic E-state index is 12.4. The summed E-state index contributed by atoms with van der Waals surface area (Å²) in [5, 5.41) is 3.02. The summed E-state index contributed by atoms with van der Waals surface area (Å²) in [6, 6.07) is 0. The van der Waals surface area contributed by atoms with Crippen LogP contribution in [0, 0.1) is 0 Å². The number of hydrogen-bond acceptors (Lipinski definition) is 6. The zero-order chi connectivity index (χ0) is 14.2. The van der Waals surface area contributed by atoms with E-state index in [1.165, 1.54) is 11.3 Å². The number of nitrogen functional groups attached to an aromatic ring is 1. The normalized spacial score (nSPS) is 22.9. The van der Waals surface area contributed by atoms with Gasteiger partial charge in [0.2, 0.25) is 0 Å². The van der Waals surface area contributed by atoms with Crippen LogP contribution in [0.1, 0.15) is 29.4 Å². The van der Waals surface area contributed by atoms with Gasteiger partial charge in [0.25, 0.3) is 5.91 Å². The Kier molecular flexibility index (Phi) is 3.31. The fraction of sp³-hybridized carbons (Fsp3) is 0.462. The molecule has 6 nitrogen and oxygen atoms in total. The molecule has 0 aliphatic carbocycles. The van der Waals surface area contributed by atoms with E-state index >= 15 is 0 Å². The Bertz CT molecular complexity index is 649. The van der Waals surface area contributed by atoms with E-state index in [-0.39, 0.29) is 11.4 Å². The average Bonchev–Trinajstić information content (AvgIpc) is 2.77. The number of rotatable bonds is 2. The Morgan fingerprint density at radius 2 is 2.30 bits per heavy atom. The second kappa shape index (κ2) is 4.99. The van der Waals surface area contributed by atoms with E-state index in [9.17, 15) is 4.79 Å². The van der Waals surface area contributed by atoms with Gasteiger partial charge in [0, 0.05) is 19.0 Å². The van der Waals surface area contributed by atoms with Crippen LogP contribution in [0.15, 0.2) is 12.4 Å². The molecule has 3 heterocycles. The molecule has 20 heavy (non-hydrogen) atoms. The monoisotopic (exact) mass is 292 g/mol. The van der Waals surface area contributed by atoms with Crippen molar-refractivity contribution < 1.29 is 9.53 Å². The van der Waals surface area contributed by atoms with Gasteiger partial charge in [-0.05, 0) is 19.8 Å². The summed E-state index contributed by atoms with van der Waals surface area (Å²) < 4.78 is 5.44. The van der Waals surface area contributed by atoms with E-state index in [1.54, 1.807) is 12.4 Å². The zero-order valence-corrected chi connectivity index (χ0v) is 12.0. The molecule has 3 rings (SSSR count). The molecule has 1 fully saturated rings. The lowest BCUT2D eigenvalue weighted by atomic mass is 9.95. The van der Waals surface area contributed by atoms with Crippen molar-refractivity contribution in [2.45, 2.75) is 25.3 Å². The van der Waals surface area contributed by atoms with Crippen molar-refractivity contribution in [1.82, 2.24) is 15.3 Å². The SMILES string of the molecule is CC1(NC(=O)c2sc3nccnc3c2N)CCCOC1. The van der Waals surface area contributed by atoms with Crippen LogP contribution >= 0.6 is 11.3 Å². The first-order valence-corrected chi connectivity index (χ1v) is 7.30. The molecular weight excluding hydrogens is 276 g/mol. The van der Waals surface area contributed by atoms with Crippen molar-refractivity contribution in [3.05, 3.63) is 17.3 Å². The van der Waals surface area contributed by atoms with Gasteiger partial charge in [0.05, 0.1) is 17.8 Å².